The fraction of sp³-hybridized carbons (Fsp3) is 0.346. The van der Waals surface area contributed by atoms with Gasteiger partial charge in [-0.25, -0.2) is 5.26 Å². The molecule has 2 N–H and O–H groups in total. The van der Waals surface area contributed by atoms with Crippen molar-refractivity contribution >= 4 is 41.3 Å². The summed E-state index contributed by atoms with van der Waals surface area (Å²) in [6.07, 6.45) is 9.52. The Morgan fingerprint density at radius 1 is 1.15 bits per heavy atom. The zero-order chi connectivity index (χ0) is 24.4. The standard InChI is InChI=1S/C26H30N2O5S/c1-26(2)22-19-21(34-33-32-31)15-16-23(22)28(18-10-4-7-14-25(29)30)24(26)13-8-9-17-27-20-11-5-3-6-12-20/h3,5-6,8,11-13,15-17,19H,4,7,9-10,14,18H2,1-2H3,(H-,29,30,31)/p+1/b13-8+,27-17?. The second-order valence-electron chi connectivity index (χ2n) is 8.56. The lowest BCUT2D eigenvalue weighted by molar-refractivity contribution is -0.438. The van der Waals surface area contributed by atoms with Crippen molar-refractivity contribution in [3.05, 3.63) is 66.2 Å². The molecule has 7 nitrogen and oxygen atoms in total. The molecule has 0 fully saturated rings. The van der Waals surface area contributed by atoms with Crippen molar-refractivity contribution in [2.24, 2.45) is 4.99 Å². The van der Waals surface area contributed by atoms with Crippen molar-refractivity contribution in [1.29, 1.82) is 0 Å². The highest BCUT2D eigenvalue weighted by molar-refractivity contribution is 7.94. The van der Waals surface area contributed by atoms with E-state index in [-0.39, 0.29) is 11.8 Å². The van der Waals surface area contributed by atoms with Crippen LogP contribution in [-0.2, 0) is 19.6 Å². The Balaban J connectivity index is 1.79. The molecule has 2 aromatic carbocycles. The monoisotopic (exact) mass is 483 g/mol. The number of nitrogens with zero attached hydrogens (tertiary/aromatic N) is 2. The number of fused-ring (bicyclic) bond motifs is 1. The molecule has 0 spiro atoms. The van der Waals surface area contributed by atoms with Gasteiger partial charge >= 0.3 is 5.97 Å². The van der Waals surface area contributed by atoms with Crippen LogP contribution in [0.15, 0.2) is 70.6 Å². The summed E-state index contributed by atoms with van der Waals surface area (Å²) in [5.41, 5.74) is 4.13. The van der Waals surface area contributed by atoms with Crippen LogP contribution in [0.3, 0.4) is 0 Å². The van der Waals surface area contributed by atoms with E-state index in [1.807, 2.05) is 48.7 Å². The highest BCUT2D eigenvalue weighted by atomic mass is 32.2. The normalized spacial score (nSPS) is 14.9. The molecule has 0 atom stereocenters. The van der Waals surface area contributed by atoms with E-state index >= 15 is 0 Å². The van der Waals surface area contributed by atoms with Gasteiger partial charge in [0.2, 0.25) is 5.69 Å². The Morgan fingerprint density at radius 3 is 2.68 bits per heavy atom. The van der Waals surface area contributed by atoms with Crippen molar-refractivity contribution in [1.82, 2.24) is 0 Å². The number of para-hydroxylation sites is 1. The maximum absolute atomic E-state index is 10.8. The van der Waals surface area contributed by atoms with Crippen LogP contribution in [0.5, 0.6) is 0 Å². The molecule has 0 saturated carbocycles. The maximum Gasteiger partial charge on any atom is 0.303 e. The molecule has 0 amide bonds. The zero-order valence-electron chi connectivity index (χ0n) is 19.5. The first kappa shape index (κ1) is 25.8. The quantitative estimate of drug-likeness (QED) is 0.0845. The molecule has 0 aliphatic carbocycles. The number of benzene rings is 2. The van der Waals surface area contributed by atoms with Crippen LogP contribution in [-0.4, -0.2) is 39.4 Å². The van der Waals surface area contributed by atoms with Gasteiger partial charge in [-0.1, -0.05) is 29.3 Å². The number of allylic oxidation sites excluding steroid dienone is 2. The van der Waals surface area contributed by atoms with Gasteiger partial charge in [-0.3, -0.25) is 9.79 Å². The highest BCUT2D eigenvalue weighted by Gasteiger charge is 2.44. The molecule has 0 saturated heterocycles. The molecule has 180 valence electrons. The third kappa shape index (κ3) is 6.87. The first-order chi connectivity index (χ1) is 16.4. The molecule has 34 heavy (non-hydrogen) atoms. The summed E-state index contributed by atoms with van der Waals surface area (Å²) in [6, 6.07) is 15.9. The number of unbranched alkanes of at least 4 members (excludes halogenated alkanes) is 2. The number of aliphatic imine (C=N–C) groups is 1. The van der Waals surface area contributed by atoms with Gasteiger partial charge in [0.05, 0.1) is 23.1 Å². The molecular formula is C26H31N2O5S+. The molecule has 8 heteroatoms. The van der Waals surface area contributed by atoms with Crippen LogP contribution in [0.1, 0.15) is 51.5 Å². The van der Waals surface area contributed by atoms with Crippen molar-refractivity contribution < 1.29 is 29.1 Å². The first-order valence-corrected chi connectivity index (χ1v) is 12.1. The van der Waals surface area contributed by atoms with Crippen LogP contribution >= 0.6 is 12.0 Å². The summed E-state index contributed by atoms with van der Waals surface area (Å²) < 4.78 is 6.93. The van der Waals surface area contributed by atoms with Crippen molar-refractivity contribution in [3.8, 4) is 0 Å². The smallest absolute Gasteiger partial charge is 0.303 e. The SMILES string of the molecule is CC1(C)C(/C=C/CC=Nc2ccccc2)=[N+](CCCCCC(=O)O)c2ccc(SOOO)cc21. The minimum atomic E-state index is -0.751. The van der Waals surface area contributed by atoms with Gasteiger partial charge in [-0.15, -0.1) is 4.33 Å². The Labute approximate surface area is 204 Å². The lowest BCUT2D eigenvalue weighted by Gasteiger charge is -2.16. The molecular weight excluding hydrogens is 452 g/mol. The van der Waals surface area contributed by atoms with E-state index < -0.39 is 5.97 Å². The molecule has 0 aromatic heterocycles. The summed E-state index contributed by atoms with van der Waals surface area (Å²) in [4.78, 5) is 16.1. The van der Waals surface area contributed by atoms with Crippen molar-refractivity contribution in [2.75, 3.05) is 6.54 Å². The lowest BCUT2D eigenvalue weighted by Crippen LogP contribution is -2.28. The van der Waals surface area contributed by atoms with Gasteiger partial charge in [0, 0.05) is 48.1 Å². The predicted molar refractivity (Wildman–Crippen MR) is 134 cm³/mol. The number of carboxylic acids is 1. The summed E-state index contributed by atoms with van der Waals surface area (Å²) in [5.74, 6) is -0.751. The minimum Gasteiger partial charge on any atom is -0.481 e. The average molecular weight is 484 g/mol. The number of hydrogen-bond acceptors (Lipinski definition) is 6. The molecule has 0 radical (unpaired) electrons. The van der Waals surface area contributed by atoms with Crippen LogP contribution < -0.4 is 0 Å². The van der Waals surface area contributed by atoms with Crippen molar-refractivity contribution in [2.45, 2.75) is 56.3 Å². The molecule has 3 rings (SSSR count). The molecule has 1 heterocycles. The van der Waals surface area contributed by atoms with E-state index in [0.717, 1.165) is 53.3 Å². The Morgan fingerprint density at radius 2 is 1.94 bits per heavy atom. The Bertz CT molecular complexity index is 1060. The Hall–Kier alpha value is -2.78. The van der Waals surface area contributed by atoms with Gasteiger partial charge in [0.25, 0.3) is 0 Å². The van der Waals surface area contributed by atoms with Gasteiger partial charge in [-0.2, -0.15) is 4.58 Å². The molecule has 1 aliphatic rings. The molecule has 0 unspecified atom stereocenters. The average Bonchev–Trinajstić information content (AvgIpc) is 3.03. The van der Waals surface area contributed by atoms with E-state index in [1.165, 1.54) is 5.71 Å². The largest absolute Gasteiger partial charge is 0.481 e. The highest BCUT2D eigenvalue weighted by Crippen LogP contribution is 2.42. The lowest BCUT2D eigenvalue weighted by atomic mass is 9.81. The second kappa shape index (κ2) is 12.6. The third-order valence-electron chi connectivity index (χ3n) is 5.81. The van der Waals surface area contributed by atoms with E-state index in [1.54, 1.807) is 0 Å². The number of aliphatic carboxylic acids is 1. The number of carboxylic acid groups (broad SMARTS) is 1. The van der Waals surface area contributed by atoms with Crippen LogP contribution in [0.4, 0.5) is 11.4 Å². The van der Waals surface area contributed by atoms with Crippen LogP contribution in [0.2, 0.25) is 0 Å². The van der Waals surface area contributed by atoms with Crippen LogP contribution in [0, 0.1) is 0 Å². The molecule has 1 aliphatic heterocycles. The maximum atomic E-state index is 10.8. The van der Waals surface area contributed by atoms with Gasteiger partial charge in [0.15, 0.2) is 5.71 Å². The van der Waals surface area contributed by atoms with Gasteiger partial charge in [-0.05, 0) is 51.0 Å². The first-order valence-electron chi connectivity index (χ1n) is 11.3. The van der Waals surface area contributed by atoms with Gasteiger partial charge < -0.3 is 5.11 Å². The minimum absolute atomic E-state index is 0.201. The summed E-state index contributed by atoms with van der Waals surface area (Å²) in [6.45, 7) is 5.17. The van der Waals surface area contributed by atoms with E-state index in [9.17, 15) is 4.79 Å². The Kier molecular flexibility index (Phi) is 9.59. The fourth-order valence-corrected chi connectivity index (χ4v) is 4.54. The van der Waals surface area contributed by atoms with E-state index in [4.69, 9.17) is 10.4 Å². The summed E-state index contributed by atoms with van der Waals surface area (Å²) in [7, 11) is 0. The van der Waals surface area contributed by atoms with Crippen LogP contribution in [0.25, 0.3) is 0 Å². The predicted octanol–water partition coefficient (Wildman–Crippen LogP) is 6.48. The number of hydrogen-bond donors (Lipinski definition) is 2. The summed E-state index contributed by atoms with van der Waals surface area (Å²) >= 11 is 0.948. The van der Waals surface area contributed by atoms with Gasteiger partial charge in [0.1, 0.15) is 6.54 Å². The molecule has 2 aromatic rings. The topological polar surface area (TPSA) is 91.4 Å². The number of rotatable bonds is 13. The van der Waals surface area contributed by atoms with Crippen molar-refractivity contribution in [3.63, 3.8) is 0 Å². The molecule has 0 bridgehead atoms. The second-order valence-corrected chi connectivity index (χ2v) is 9.33. The summed E-state index contributed by atoms with van der Waals surface area (Å²) in [5, 5.41) is 21.1. The fourth-order valence-electron chi connectivity index (χ4n) is 4.14. The third-order valence-corrected chi connectivity index (χ3v) is 6.39. The van der Waals surface area contributed by atoms with E-state index in [2.05, 4.69) is 51.0 Å². The van der Waals surface area contributed by atoms with E-state index in [0.29, 0.717) is 12.8 Å². The number of carbonyl (C=O) groups is 1. The zero-order valence-corrected chi connectivity index (χ0v) is 20.3.